The Hall–Kier alpha value is 0.310. The highest BCUT2D eigenvalue weighted by Crippen LogP contribution is 2.42. The van der Waals surface area contributed by atoms with Crippen LogP contribution in [0.1, 0.15) is 44.9 Å². The van der Waals surface area contributed by atoms with Crippen molar-refractivity contribution in [3.05, 3.63) is 0 Å². The van der Waals surface area contributed by atoms with Crippen molar-refractivity contribution in [3.63, 3.8) is 0 Å². The summed E-state index contributed by atoms with van der Waals surface area (Å²) >= 11 is 4.44. The van der Waals surface area contributed by atoms with Crippen LogP contribution < -0.4 is 0 Å². The summed E-state index contributed by atoms with van der Waals surface area (Å²) in [4.78, 5) is 0. The van der Waals surface area contributed by atoms with Gasteiger partial charge in [-0.3, -0.25) is 0 Å². The molecule has 14 heavy (non-hydrogen) atoms. The zero-order valence-corrected chi connectivity index (χ0v) is 9.90. The van der Waals surface area contributed by atoms with E-state index in [-0.39, 0.29) is 0 Å². The van der Waals surface area contributed by atoms with E-state index in [4.69, 9.17) is 4.74 Å². The van der Waals surface area contributed by atoms with Crippen LogP contribution in [-0.2, 0) is 4.74 Å². The molecule has 2 fully saturated rings. The van der Waals surface area contributed by atoms with Gasteiger partial charge in [0, 0.05) is 12.0 Å². The molecular formula is C12H22OS. The summed E-state index contributed by atoms with van der Waals surface area (Å²) < 4.78 is 5.87. The van der Waals surface area contributed by atoms with Gasteiger partial charge < -0.3 is 4.74 Å². The summed E-state index contributed by atoms with van der Waals surface area (Å²) in [6, 6.07) is 0. The number of thiol groups is 1. The summed E-state index contributed by atoms with van der Waals surface area (Å²) in [6.07, 6.45) is 9.69. The van der Waals surface area contributed by atoms with Crippen LogP contribution in [0.2, 0.25) is 0 Å². The van der Waals surface area contributed by atoms with E-state index in [1.807, 2.05) is 0 Å². The average Bonchev–Trinajstić information content (AvgIpc) is 2.62. The molecule has 2 aliphatic carbocycles. The molecule has 0 spiro atoms. The first-order valence-corrected chi connectivity index (χ1v) is 6.66. The van der Waals surface area contributed by atoms with Crippen molar-refractivity contribution in [1.82, 2.24) is 0 Å². The van der Waals surface area contributed by atoms with Crippen molar-refractivity contribution < 1.29 is 4.74 Å². The molecule has 82 valence electrons. The molecule has 0 aromatic rings. The van der Waals surface area contributed by atoms with Gasteiger partial charge in [-0.1, -0.05) is 19.3 Å². The summed E-state index contributed by atoms with van der Waals surface area (Å²) in [5, 5.41) is 0. The quantitative estimate of drug-likeness (QED) is 0.691. The lowest BCUT2D eigenvalue weighted by molar-refractivity contribution is -0.00293. The van der Waals surface area contributed by atoms with Crippen LogP contribution in [0.3, 0.4) is 0 Å². The van der Waals surface area contributed by atoms with E-state index in [9.17, 15) is 0 Å². The van der Waals surface area contributed by atoms with Gasteiger partial charge in [-0.2, -0.15) is 12.6 Å². The van der Waals surface area contributed by atoms with Gasteiger partial charge in [0.05, 0.1) is 6.61 Å². The molecule has 0 aromatic heterocycles. The first-order chi connectivity index (χ1) is 6.85. The maximum atomic E-state index is 5.87. The van der Waals surface area contributed by atoms with Gasteiger partial charge >= 0.3 is 0 Å². The van der Waals surface area contributed by atoms with Crippen molar-refractivity contribution in [3.8, 4) is 0 Å². The normalized spacial score (nSPS) is 26.4. The lowest BCUT2D eigenvalue weighted by Gasteiger charge is -2.40. The molecule has 0 bridgehead atoms. The van der Waals surface area contributed by atoms with Crippen LogP contribution in [0.15, 0.2) is 0 Å². The Morgan fingerprint density at radius 2 is 1.86 bits per heavy atom. The smallest absolute Gasteiger partial charge is 0.0530 e. The van der Waals surface area contributed by atoms with Crippen LogP contribution in [0.5, 0.6) is 0 Å². The second-order valence-corrected chi connectivity index (χ2v) is 5.49. The predicted octanol–water partition coefficient (Wildman–Crippen LogP) is 3.29. The molecule has 2 heteroatoms. The number of hydrogen-bond donors (Lipinski definition) is 1. The van der Waals surface area contributed by atoms with Crippen molar-refractivity contribution in [2.75, 3.05) is 19.0 Å². The molecule has 0 atom stereocenters. The van der Waals surface area contributed by atoms with Crippen LogP contribution in [-0.4, -0.2) is 19.0 Å². The van der Waals surface area contributed by atoms with Gasteiger partial charge in [-0.25, -0.2) is 0 Å². The number of rotatable bonds is 5. The second-order valence-electron chi connectivity index (χ2n) is 5.18. The van der Waals surface area contributed by atoms with Gasteiger partial charge in [0.1, 0.15) is 0 Å². The molecule has 0 heterocycles. The lowest BCUT2D eigenvalue weighted by Crippen LogP contribution is -2.36. The second kappa shape index (κ2) is 4.89. The molecular weight excluding hydrogens is 192 g/mol. The van der Waals surface area contributed by atoms with Crippen molar-refractivity contribution in [1.29, 1.82) is 0 Å². The van der Waals surface area contributed by atoms with Crippen molar-refractivity contribution in [2.45, 2.75) is 44.9 Å². The van der Waals surface area contributed by atoms with Gasteiger partial charge in [0.15, 0.2) is 0 Å². The third kappa shape index (κ3) is 2.46. The fourth-order valence-electron chi connectivity index (χ4n) is 2.64. The molecule has 2 aliphatic rings. The summed E-state index contributed by atoms with van der Waals surface area (Å²) in [6.45, 7) is 1.97. The zero-order chi connectivity index (χ0) is 9.86. The van der Waals surface area contributed by atoms with Crippen LogP contribution in [0.4, 0.5) is 0 Å². The first-order valence-electron chi connectivity index (χ1n) is 6.03. The molecule has 0 N–H and O–H groups in total. The number of hydrogen-bond acceptors (Lipinski definition) is 2. The fourth-order valence-corrected chi connectivity index (χ4v) is 3.05. The Bertz CT molecular complexity index is 166. The van der Waals surface area contributed by atoms with E-state index in [0.29, 0.717) is 5.41 Å². The third-order valence-electron chi connectivity index (χ3n) is 3.99. The Labute approximate surface area is 93.0 Å². The van der Waals surface area contributed by atoms with Crippen molar-refractivity contribution in [2.24, 2.45) is 11.3 Å². The fraction of sp³-hybridized carbons (Fsp3) is 1.00. The van der Waals surface area contributed by atoms with E-state index in [0.717, 1.165) is 24.9 Å². The van der Waals surface area contributed by atoms with Crippen LogP contribution in [0, 0.1) is 11.3 Å². The minimum atomic E-state index is 0.460. The van der Waals surface area contributed by atoms with E-state index >= 15 is 0 Å². The molecule has 0 aliphatic heterocycles. The Morgan fingerprint density at radius 1 is 1.14 bits per heavy atom. The van der Waals surface area contributed by atoms with E-state index in [1.54, 1.807) is 0 Å². The monoisotopic (exact) mass is 214 g/mol. The average molecular weight is 214 g/mol. The third-order valence-corrected chi connectivity index (χ3v) is 4.66. The van der Waals surface area contributed by atoms with E-state index in [1.165, 1.54) is 44.9 Å². The van der Waals surface area contributed by atoms with Gasteiger partial charge in [-0.05, 0) is 37.4 Å². The van der Waals surface area contributed by atoms with Gasteiger partial charge in [-0.15, -0.1) is 0 Å². The molecule has 0 aromatic carbocycles. The summed E-state index contributed by atoms with van der Waals surface area (Å²) in [7, 11) is 0. The highest BCUT2D eigenvalue weighted by atomic mass is 32.1. The molecule has 0 radical (unpaired) electrons. The lowest BCUT2D eigenvalue weighted by atomic mass is 9.71. The topological polar surface area (TPSA) is 9.23 Å². The Morgan fingerprint density at radius 3 is 2.36 bits per heavy atom. The molecule has 0 amide bonds. The van der Waals surface area contributed by atoms with Gasteiger partial charge in [0.2, 0.25) is 0 Å². The van der Waals surface area contributed by atoms with Crippen LogP contribution in [0.25, 0.3) is 0 Å². The molecule has 2 rings (SSSR count). The first kappa shape index (κ1) is 10.8. The molecule has 2 saturated carbocycles. The van der Waals surface area contributed by atoms with Crippen LogP contribution >= 0.6 is 12.6 Å². The minimum absolute atomic E-state index is 0.460. The zero-order valence-electron chi connectivity index (χ0n) is 9.00. The Kier molecular flexibility index (Phi) is 3.78. The largest absolute Gasteiger partial charge is 0.381 e. The highest BCUT2D eigenvalue weighted by molar-refractivity contribution is 7.80. The van der Waals surface area contributed by atoms with E-state index < -0.39 is 0 Å². The predicted molar refractivity (Wildman–Crippen MR) is 62.9 cm³/mol. The number of ether oxygens (including phenoxy) is 1. The van der Waals surface area contributed by atoms with Crippen molar-refractivity contribution >= 4 is 12.6 Å². The Balaban J connectivity index is 1.61. The minimum Gasteiger partial charge on any atom is -0.381 e. The maximum absolute atomic E-state index is 5.87. The highest BCUT2D eigenvalue weighted by Gasteiger charge is 2.35. The molecule has 1 nitrogen and oxygen atoms in total. The van der Waals surface area contributed by atoms with Gasteiger partial charge in [0.25, 0.3) is 0 Å². The summed E-state index contributed by atoms with van der Waals surface area (Å²) in [5.41, 5.74) is 0.460. The molecule has 0 saturated heterocycles. The maximum Gasteiger partial charge on any atom is 0.0530 e. The summed E-state index contributed by atoms with van der Waals surface area (Å²) in [5.74, 6) is 1.88. The van der Waals surface area contributed by atoms with E-state index in [2.05, 4.69) is 12.6 Å². The standard InChI is InChI=1S/C12H22OS/c14-10-12(6-3-7-12)9-13-8-11-4-1-2-5-11/h11,14H,1-10H2. The SMILES string of the molecule is SCC1(COCC2CCCC2)CCC1. The molecule has 0 unspecified atom stereocenters.